The molecule has 1 atom stereocenters. The molecule has 0 aliphatic carbocycles. The van der Waals surface area contributed by atoms with E-state index in [9.17, 15) is 4.79 Å². The lowest BCUT2D eigenvalue weighted by atomic mass is 10.1. The summed E-state index contributed by atoms with van der Waals surface area (Å²) in [5.41, 5.74) is -0.436. The topological polar surface area (TPSA) is 56.6 Å². The summed E-state index contributed by atoms with van der Waals surface area (Å²) in [6, 6.07) is 2.52. The quantitative estimate of drug-likeness (QED) is 0.743. The second-order valence-corrected chi connectivity index (χ2v) is 6.43. The van der Waals surface area contributed by atoms with Gasteiger partial charge in [-0.1, -0.05) is 0 Å². The van der Waals surface area contributed by atoms with E-state index in [1.807, 2.05) is 20.8 Å². The number of hydrogen-bond acceptors (Lipinski definition) is 4. The third-order valence-corrected chi connectivity index (χ3v) is 3.40. The second kappa shape index (κ2) is 7.49. The Hall–Kier alpha value is -1.28. The molecule has 1 heterocycles. The van der Waals surface area contributed by atoms with E-state index in [2.05, 4.69) is 17.9 Å². The van der Waals surface area contributed by atoms with Crippen LogP contribution < -0.4 is 0 Å². The SMILES string of the molecule is CC1CN(C(=O)OC(C)(C)C)CCN1CCCCC#N. The van der Waals surface area contributed by atoms with E-state index < -0.39 is 5.60 Å². The van der Waals surface area contributed by atoms with Crippen molar-refractivity contribution in [2.45, 2.75) is 58.6 Å². The molecule has 20 heavy (non-hydrogen) atoms. The van der Waals surface area contributed by atoms with Crippen molar-refractivity contribution in [3.63, 3.8) is 0 Å². The number of nitriles is 1. The van der Waals surface area contributed by atoms with Crippen LogP contribution in [0.15, 0.2) is 0 Å². The molecule has 5 heteroatoms. The lowest BCUT2D eigenvalue weighted by Crippen LogP contribution is -2.54. The van der Waals surface area contributed by atoms with Crippen molar-refractivity contribution >= 4 is 6.09 Å². The van der Waals surface area contributed by atoms with Crippen molar-refractivity contribution in [3.05, 3.63) is 0 Å². The Bertz CT molecular complexity index is 357. The molecule has 0 N–H and O–H groups in total. The van der Waals surface area contributed by atoms with Gasteiger partial charge in [0.2, 0.25) is 0 Å². The monoisotopic (exact) mass is 281 g/mol. The Morgan fingerprint density at radius 3 is 2.60 bits per heavy atom. The van der Waals surface area contributed by atoms with Gasteiger partial charge in [-0.3, -0.25) is 4.90 Å². The molecule has 0 spiro atoms. The maximum absolute atomic E-state index is 12.0. The molecule has 0 aromatic carbocycles. The minimum atomic E-state index is -0.436. The lowest BCUT2D eigenvalue weighted by molar-refractivity contribution is 0.00564. The van der Waals surface area contributed by atoms with Crippen LogP contribution in [0.25, 0.3) is 0 Å². The summed E-state index contributed by atoms with van der Waals surface area (Å²) in [7, 11) is 0. The van der Waals surface area contributed by atoms with Crippen LogP contribution in [-0.4, -0.2) is 53.7 Å². The van der Waals surface area contributed by atoms with Crippen molar-refractivity contribution in [3.8, 4) is 6.07 Å². The van der Waals surface area contributed by atoms with Crippen molar-refractivity contribution in [2.24, 2.45) is 0 Å². The Morgan fingerprint density at radius 2 is 2.05 bits per heavy atom. The normalized spacial score (nSPS) is 20.6. The number of carbonyl (C=O) groups excluding carboxylic acids is 1. The molecule has 1 saturated heterocycles. The fraction of sp³-hybridized carbons (Fsp3) is 0.867. The Labute approximate surface area is 122 Å². The third-order valence-electron chi connectivity index (χ3n) is 3.40. The molecule has 0 aromatic rings. The van der Waals surface area contributed by atoms with E-state index in [1.165, 1.54) is 0 Å². The highest BCUT2D eigenvalue weighted by Gasteiger charge is 2.29. The molecule has 5 nitrogen and oxygen atoms in total. The molecule has 0 radical (unpaired) electrons. The summed E-state index contributed by atoms with van der Waals surface area (Å²) < 4.78 is 5.41. The molecule has 1 unspecified atom stereocenters. The van der Waals surface area contributed by atoms with Gasteiger partial charge in [-0.2, -0.15) is 5.26 Å². The van der Waals surface area contributed by atoms with Crippen molar-refractivity contribution in [2.75, 3.05) is 26.2 Å². The van der Waals surface area contributed by atoms with Crippen molar-refractivity contribution in [1.29, 1.82) is 5.26 Å². The minimum absolute atomic E-state index is 0.214. The van der Waals surface area contributed by atoms with E-state index in [-0.39, 0.29) is 6.09 Å². The van der Waals surface area contributed by atoms with Gasteiger partial charge in [0.25, 0.3) is 0 Å². The molecular weight excluding hydrogens is 254 g/mol. The summed E-state index contributed by atoms with van der Waals surface area (Å²) in [6.45, 7) is 11.1. The molecule has 1 aliphatic heterocycles. The van der Waals surface area contributed by atoms with Crippen LogP contribution in [0.1, 0.15) is 47.0 Å². The number of ether oxygens (including phenoxy) is 1. The second-order valence-electron chi connectivity index (χ2n) is 6.43. The van der Waals surface area contributed by atoms with Crippen LogP contribution in [0.4, 0.5) is 4.79 Å². The first-order valence-electron chi connectivity index (χ1n) is 7.42. The zero-order chi connectivity index (χ0) is 15.2. The number of hydrogen-bond donors (Lipinski definition) is 0. The fourth-order valence-electron chi connectivity index (χ4n) is 2.34. The number of nitrogens with zero attached hydrogens (tertiary/aromatic N) is 3. The van der Waals surface area contributed by atoms with Gasteiger partial charge in [-0.05, 0) is 47.1 Å². The Balaban J connectivity index is 2.35. The van der Waals surface area contributed by atoms with Gasteiger partial charge in [-0.25, -0.2) is 4.79 Å². The van der Waals surface area contributed by atoms with Crippen LogP contribution in [-0.2, 0) is 4.74 Å². The minimum Gasteiger partial charge on any atom is -0.444 e. The average Bonchev–Trinajstić information content (AvgIpc) is 2.34. The Morgan fingerprint density at radius 1 is 1.35 bits per heavy atom. The molecule has 1 fully saturated rings. The molecule has 1 rings (SSSR count). The maximum atomic E-state index is 12.0. The zero-order valence-corrected chi connectivity index (χ0v) is 13.2. The van der Waals surface area contributed by atoms with Gasteiger partial charge in [-0.15, -0.1) is 0 Å². The van der Waals surface area contributed by atoms with E-state index in [1.54, 1.807) is 4.90 Å². The summed E-state index contributed by atoms with van der Waals surface area (Å²) in [5.74, 6) is 0. The van der Waals surface area contributed by atoms with E-state index in [0.29, 0.717) is 19.0 Å². The molecule has 1 amide bonds. The van der Waals surface area contributed by atoms with Gasteiger partial charge in [0.15, 0.2) is 0 Å². The number of rotatable bonds is 4. The van der Waals surface area contributed by atoms with Crippen LogP contribution in [0, 0.1) is 11.3 Å². The van der Waals surface area contributed by atoms with Gasteiger partial charge in [0.05, 0.1) is 6.07 Å². The maximum Gasteiger partial charge on any atom is 0.410 e. The van der Waals surface area contributed by atoms with Gasteiger partial charge in [0.1, 0.15) is 5.60 Å². The van der Waals surface area contributed by atoms with Gasteiger partial charge in [0, 0.05) is 32.1 Å². The van der Waals surface area contributed by atoms with Crippen LogP contribution in [0.5, 0.6) is 0 Å². The number of piperazine rings is 1. The average molecular weight is 281 g/mol. The molecular formula is C15H27N3O2. The predicted molar refractivity (Wildman–Crippen MR) is 78.3 cm³/mol. The number of unbranched alkanes of at least 4 members (excludes halogenated alkanes) is 2. The molecule has 0 aromatic heterocycles. The first-order valence-corrected chi connectivity index (χ1v) is 7.42. The van der Waals surface area contributed by atoms with Crippen LogP contribution in [0.3, 0.4) is 0 Å². The fourth-order valence-corrected chi connectivity index (χ4v) is 2.34. The summed E-state index contributed by atoms with van der Waals surface area (Å²) >= 11 is 0. The van der Waals surface area contributed by atoms with E-state index in [4.69, 9.17) is 10.00 Å². The zero-order valence-electron chi connectivity index (χ0n) is 13.2. The Kier molecular flexibility index (Phi) is 6.28. The van der Waals surface area contributed by atoms with E-state index >= 15 is 0 Å². The molecule has 0 saturated carbocycles. The summed E-state index contributed by atoms with van der Waals surface area (Å²) in [5, 5.41) is 8.52. The first-order chi connectivity index (χ1) is 9.33. The van der Waals surface area contributed by atoms with Crippen LogP contribution in [0.2, 0.25) is 0 Å². The standard InChI is InChI=1S/C15H27N3O2/c1-13-12-18(14(19)20-15(2,3)4)11-10-17(13)9-7-5-6-8-16/h13H,5-7,9-12H2,1-4H3. The highest BCUT2D eigenvalue weighted by atomic mass is 16.6. The highest BCUT2D eigenvalue weighted by Crippen LogP contribution is 2.15. The van der Waals surface area contributed by atoms with E-state index in [0.717, 1.165) is 32.5 Å². The summed E-state index contributed by atoms with van der Waals surface area (Å²) in [4.78, 5) is 16.2. The molecule has 114 valence electrons. The smallest absolute Gasteiger partial charge is 0.410 e. The van der Waals surface area contributed by atoms with Crippen LogP contribution >= 0.6 is 0 Å². The predicted octanol–water partition coefficient (Wildman–Crippen LogP) is 2.62. The number of carbonyl (C=O) groups is 1. The van der Waals surface area contributed by atoms with Gasteiger partial charge < -0.3 is 9.64 Å². The molecule has 0 bridgehead atoms. The number of amides is 1. The lowest BCUT2D eigenvalue weighted by Gasteiger charge is -2.40. The highest BCUT2D eigenvalue weighted by molar-refractivity contribution is 5.68. The summed E-state index contributed by atoms with van der Waals surface area (Å²) in [6.07, 6.45) is 2.42. The third kappa shape index (κ3) is 5.79. The van der Waals surface area contributed by atoms with Gasteiger partial charge >= 0.3 is 6.09 Å². The van der Waals surface area contributed by atoms with Crippen molar-refractivity contribution in [1.82, 2.24) is 9.80 Å². The van der Waals surface area contributed by atoms with Crippen molar-refractivity contribution < 1.29 is 9.53 Å². The first kappa shape index (κ1) is 16.8. The molecule has 1 aliphatic rings. The largest absolute Gasteiger partial charge is 0.444 e.